The van der Waals surface area contributed by atoms with Crippen LogP contribution in [0.4, 0.5) is 10.5 Å². The minimum absolute atomic E-state index is 0.0860. The summed E-state index contributed by atoms with van der Waals surface area (Å²) in [7, 11) is 0. The molecule has 4 rings (SSSR count). The molecule has 0 saturated carbocycles. The number of fused-ring (bicyclic) bond motifs is 3. The molecule has 1 aliphatic rings. The number of furan rings is 1. The van der Waals surface area contributed by atoms with E-state index in [9.17, 15) is 14.4 Å². The lowest BCUT2D eigenvalue weighted by Crippen LogP contribution is -2.34. The molecule has 0 saturated heterocycles. The number of ether oxygens (including phenoxy) is 1. The van der Waals surface area contributed by atoms with Crippen molar-refractivity contribution in [2.24, 2.45) is 0 Å². The Morgan fingerprint density at radius 2 is 1.66 bits per heavy atom. The predicted octanol–water partition coefficient (Wildman–Crippen LogP) is 4.23. The van der Waals surface area contributed by atoms with Gasteiger partial charge in [-0.15, -0.1) is 0 Å². The molecular formula is C24H22N2O6. The molecule has 0 unspecified atom stereocenters. The number of carbonyl (C=O) groups excluding carboxylic acids is 2. The van der Waals surface area contributed by atoms with Crippen molar-refractivity contribution in [3.05, 3.63) is 77.7 Å². The van der Waals surface area contributed by atoms with Crippen molar-refractivity contribution in [1.29, 1.82) is 0 Å². The van der Waals surface area contributed by atoms with Gasteiger partial charge in [0.15, 0.2) is 0 Å². The number of carboxylic acid groups (broad SMARTS) is 1. The average Bonchev–Trinajstić information content (AvgIpc) is 3.34. The summed E-state index contributed by atoms with van der Waals surface area (Å²) in [5, 5.41) is 13.9. The van der Waals surface area contributed by atoms with E-state index in [-0.39, 0.29) is 30.4 Å². The van der Waals surface area contributed by atoms with Crippen molar-refractivity contribution >= 4 is 23.7 Å². The van der Waals surface area contributed by atoms with Crippen LogP contribution in [0, 0.1) is 0 Å². The summed E-state index contributed by atoms with van der Waals surface area (Å²) < 4.78 is 10.7. The summed E-state index contributed by atoms with van der Waals surface area (Å²) in [6.45, 7) is 1.70. The van der Waals surface area contributed by atoms with E-state index in [1.807, 2.05) is 36.4 Å². The number of nitrogens with one attached hydrogen (secondary N) is 2. The molecule has 8 nitrogen and oxygen atoms in total. The third-order valence-corrected chi connectivity index (χ3v) is 5.31. The highest BCUT2D eigenvalue weighted by Crippen LogP contribution is 2.44. The molecule has 0 radical (unpaired) electrons. The van der Waals surface area contributed by atoms with E-state index in [4.69, 9.17) is 14.3 Å². The molecule has 1 aromatic heterocycles. The lowest BCUT2D eigenvalue weighted by atomic mass is 9.98. The third kappa shape index (κ3) is 4.34. The maximum absolute atomic E-state index is 12.4. The van der Waals surface area contributed by atoms with Gasteiger partial charge >= 0.3 is 12.1 Å². The van der Waals surface area contributed by atoms with E-state index < -0.39 is 24.0 Å². The van der Waals surface area contributed by atoms with Crippen molar-refractivity contribution in [2.45, 2.75) is 25.3 Å². The Kier molecular flexibility index (Phi) is 5.93. The minimum atomic E-state index is -1.03. The SMILES string of the molecule is C[C@@H](CC(=O)O)NC(=O)c1occc1NC(=O)OCC1c2ccccc2-c2ccccc21. The molecule has 164 valence electrons. The molecule has 3 N–H and O–H groups in total. The topological polar surface area (TPSA) is 118 Å². The highest BCUT2D eigenvalue weighted by atomic mass is 16.5. The van der Waals surface area contributed by atoms with E-state index in [1.54, 1.807) is 6.92 Å². The van der Waals surface area contributed by atoms with Gasteiger partial charge in [-0.05, 0) is 29.2 Å². The molecule has 3 aromatic rings. The third-order valence-electron chi connectivity index (χ3n) is 5.31. The summed E-state index contributed by atoms with van der Waals surface area (Å²) in [5.74, 6) is -1.88. The Hall–Kier alpha value is -4.07. The number of hydrogen-bond acceptors (Lipinski definition) is 5. The normalized spacial score (nSPS) is 13.0. The Labute approximate surface area is 184 Å². The molecule has 8 heteroatoms. The van der Waals surface area contributed by atoms with Crippen LogP contribution in [-0.2, 0) is 9.53 Å². The number of benzene rings is 2. The maximum Gasteiger partial charge on any atom is 0.411 e. The van der Waals surface area contributed by atoms with Crippen LogP contribution in [0.25, 0.3) is 11.1 Å². The fourth-order valence-corrected chi connectivity index (χ4v) is 3.93. The van der Waals surface area contributed by atoms with Crippen molar-refractivity contribution in [2.75, 3.05) is 11.9 Å². The van der Waals surface area contributed by atoms with Crippen molar-refractivity contribution in [1.82, 2.24) is 5.32 Å². The van der Waals surface area contributed by atoms with Gasteiger partial charge in [-0.1, -0.05) is 48.5 Å². The summed E-state index contributed by atoms with van der Waals surface area (Å²) in [6.07, 6.45) is 0.304. The number of rotatable bonds is 7. The van der Waals surface area contributed by atoms with Gasteiger partial charge in [0.05, 0.1) is 18.4 Å². The first-order valence-electron chi connectivity index (χ1n) is 10.2. The zero-order valence-corrected chi connectivity index (χ0v) is 17.3. The molecule has 1 atom stereocenters. The molecule has 2 aromatic carbocycles. The molecular weight excluding hydrogens is 412 g/mol. The standard InChI is InChI=1S/C24H22N2O6/c1-14(12-21(27)28)25-23(29)22-20(10-11-31-22)26-24(30)32-13-19-17-8-4-2-6-15(17)16-7-3-5-9-18(16)19/h2-11,14,19H,12-13H2,1H3,(H,25,29)(H,26,30)(H,27,28)/t14-/m0/s1. The van der Waals surface area contributed by atoms with Gasteiger partial charge in [0.25, 0.3) is 5.91 Å². The van der Waals surface area contributed by atoms with Crippen LogP contribution < -0.4 is 10.6 Å². The fraction of sp³-hybridized carbons (Fsp3) is 0.208. The molecule has 2 amide bonds. The van der Waals surface area contributed by atoms with Crippen molar-refractivity contribution < 1.29 is 28.6 Å². The van der Waals surface area contributed by atoms with Crippen molar-refractivity contribution in [3.63, 3.8) is 0 Å². The van der Waals surface area contributed by atoms with Crippen LogP contribution in [0.5, 0.6) is 0 Å². The number of carbonyl (C=O) groups is 3. The first-order valence-corrected chi connectivity index (χ1v) is 10.2. The molecule has 1 heterocycles. The quantitative estimate of drug-likeness (QED) is 0.512. The molecule has 0 fully saturated rings. The first kappa shape index (κ1) is 21.2. The summed E-state index contributed by atoms with van der Waals surface area (Å²) in [5.41, 5.74) is 4.58. The Morgan fingerprint density at radius 1 is 1.03 bits per heavy atom. The van der Waals surface area contributed by atoms with E-state index in [1.165, 1.54) is 12.3 Å². The molecule has 0 aliphatic heterocycles. The van der Waals surface area contributed by atoms with Gasteiger partial charge in [0, 0.05) is 18.0 Å². The molecule has 1 aliphatic carbocycles. The van der Waals surface area contributed by atoms with Gasteiger partial charge in [0.2, 0.25) is 5.76 Å². The number of amides is 2. The molecule has 32 heavy (non-hydrogen) atoms. The predicted molar refractivity (Wildman–Crippen MR) is 117 cm³/mol. The number of aliphatic carboxylic acids is 1. The highest BCUT2D eigenvalue weighted by molar-refractivity contribution is 6.00. The van der Waals surface area contributed by atoms with Gasteiger partial charge < -0.3 is 19.6 Å². The monoisotopic (exact) mass is 434 g/mol. The zero-order valence-electron chi connectivity index (χ0n) is 17.3. The van der Waals surface area contributed by atoms with Gasteiger partial charge in [-0.2, -0.15) is 0 Å². The van der Waals surface area contributed by atoms with Gasteiger partial charge in [-0.3, -0.25) is 14.9 Å². The Bertz CT molecular complexity index is 1120. The maximum atomic E-state index is 12.4. The average molecular weight is 434 g/mol. The van der Waals surface area contributed by atoms with Crippen LogP contribution >= 0.6 is 0 Å². The van der Waals surface area contributed by atoms with Crippen molar-refractivity contribution in [3.8, 4) is 11.1 Å². The second-order valence-electron chi connectivity index (χ2n) is 7.59. The van der Waals surface area contributed by atoms with E-state index in [0.29, 0.717) is 0 Å². The number of carboxylic acids is 1. The van der Waals surface area contributed by atoms with E-state index >= 15 is 0 Å². The van der Waals surface area contributed by atoms with Crippen LogP contribution in [0.3, 0.4) is 0 Å². The largest absolute Gasteiger partial charge is 0.481 e. The molecule has 0 spiro atoms. The lowest BCUT2D eigenvalue weighted by molar-refractivity contribution is -0.137. The minimum Gasteiger partial charge on any atom is -0.481 e. The lowest BCUT2D eigenvalue weighted by Gasteiger charge is -2.15. The van der Waals surface area contributed by atoms with Gasteiger partial charge in [0.1, 0.15) is 6.61 Å². The fourth-order valence-electron chi connectivity index (χ4n) is 3.93. The number of hydrogen-bond donors (Lipinski definition) is 3. The van der Waals surface area contributed by atoms with Gasteiger partial charge in [-0.25, -0.2) is 4.79 Å². The van der Waals surface area contributed by atoms with Crippen LogP contribution in [0.2, 0.25) is 0 Å². The van der Waals surface area contributed by atoms with E-state index in [2.05, 4.69) is 22.8 Å². The second kappa shape index (κ2) is 8.97. The van der Waals surface area contributed by atoms with Crippen LogP contribution in [0.15, 0.2) is 65.3 Å². The summed E-state index contributed by atoms with van der Waals surface area (Å²) in [6, 6.07) is 16.9. The Balaban J connectivity index is 1.40. The second-order valence-corrected chi connectivity index (χ2v) is 7.59. The van der Waals surface area contributed by atoms with Crippen LogP contribution in [-0.4, -0.2) is 35.7 Å². The molecule has 0 bridgehead atoms. The Morgan fingerprint density at radius 3 is 2.28 bits per heavy atom. The number of anilines is 1. The van der Waals surface area contributed by atoms with Crippen LogP contribution in [0.1, 0.15) is 40.9 Å². The highest BCUT2D eigenvalue weighted by Gasteiger charge is 2.29. The first-order chi connectivity index (χ1) is 15.4. The summed E-state index contributed by atoms with van der Waals surface area (Å²) in [4.78, 5) is 35.6. The summed E-state index contributed by atoms with van der Waals surface area (Å²) >= 11 is 0. The van der Waals surface area contributed by atoms with E-state index in [0.717, 1.165) is 22.3 Å². The smallest absolute Gasteiger partial charge is 0.411 e. The zero-order chi connectivity index (χ0) is 22.7.